The molecule has 2 saturated carbocycles. The Morgan fingerprint density at radius 1 is 1.42 bits per heavy atom. The third-order valence-electron chi connectivity index (χ3n) is 4.81. The monoisotopic (exact) mass is 275 g/mol. The molecule has 19 heavy (non-hydrogen) atoms. The van der Waals surface area contributed by atoms with Crippen molar-refractivity contribution < 1.29 is 0 Å². The Kier molecular flexibility index (Phi) is 3.44. The lowest BCUT2D eigenvalue weighted by atomic mass is 9.84. The van der Waals surface area contributed by atoms with E-state index in [2.05, 4.69) is 17.2 Å². The number of nitrogens with one attached hydrogen (secondary N) is 1. The first kappa shape index (κ1) is 12.9. The molecule has 1 aromatic heterocycles. The number of anilines is 1. The molecule has 4 heteroatoms. The van der Waals surface area contributed by atoms with Crippen molar-refractivity contribution in [1.82, 2.24) is 4.98 Å². The summed E-state index contributed by atoms with van der Waals surface area (Å²) in [5.41, 5.74) is 6.32. The SMILES string of the molecule is CC(Nc1cccc(C(N)=S)n1)C1CC2CCC1C2. The fourth-order valence-electron chi connectivity index (χ4n) is 3.90. The normalized spacial score (nSPS) is 30.3. The molecule has 3 nitrogen and oxygen atoms in total. The Morgan fingerprint density at radius 3 is 2.89 bits per heavy atom. The lowest BCUT2D eigenvalue weighted by Gasteiger charge is -2.29. The lowest BCUT2D eigenvalue weighted by molar-refractivity contribution is 0.304. The summed E-state index contributed by atoms with van der Waals surface area (Å²) in [5.74, 6) is 3.59. The molecule has 1 heterocycles. The van der Waals surface area contributed by atoms with Gasteiger partial charge in [0.25, 0.3) is 0 Å². The molecule has 4 atom stereocenters. The van der Waals surface area contributed by atoms with E-state index < -0.39 is 0 Å². The van der Waals surface area contributed by atoms with E-state index in [0.29, 0.717) is 16.7 Å². The van der Waals surface area contributed by atoms with E-state index in [-0.39, 0.29) is 0 Å². The molecule has 0 aromatic carbocycles. The molecular weight excluding hydrogens is 254 g/mol. The van der Waals surface area contributed by atoms with Crippen LogP contribution < -0.4 is 11.1 Å². The maximum Gasteiger partial charge on any atom is 0.126 e. The van der Waals surface area contributed by atoms with Crippen LogP contribution in [0.3, 0.4) is 0 Å². The predicted octanol–water partition coefficient (Wildman–Crippen LogP) is 2.95. The lowest BCUT2D eigenvalue weighted by Crippen LogP contribution is -2.30. The Hall–Kier alpha value is -1.16. The van der Waals surface area contributed by atoms with Gasteiger partial charge >= 0.3 is 0 Å². The first-order valence-corrected chi connectivity index (χ1v) is 7.57. The smallest absolute Gasteiger partial charge is 0.126 e. The number of pyridine rings is 1. The van der Waals surface area contributed by atoms with E-state index >= 15 is 0 Å². The van der Waals surface area contributed by atoms with Crippen LogP contribution >= 0.6 is 12.2 Å². The zero-order valence-electron chi connectivity index (χ0n) is 11.3. The number of nitrogens with zero attached hydrogens (tertiary/aromatic N) is 1. The minimum Gasteiger partial charge on any atom is -0.388 e. The number of hydrogen-bond donors (Lipinski definition) is 2. The number of hydrogen-bond acceptors (Lipinski definition) is 3. The Labute approximate surface area is 120 Å². The van der Waals surface area contributed by atoms with Crippen LogP contribution in [0.1, 0.15) is 38.3 Å². The molecule has 3 rings (SSSR count). The highest BCUT2D eigenvalue weighted by Crippen LogP contribution is 2.49. The van der Waals surface area contributed by atoms with Crippen LogP contribution in [0.2, 0.25) is 0 Å². The van der Waals surface area contributed by atoms with Gasteiger partial charge in [-0.05, 0) is 56.1 Å². The van der Waals surface area contributed by atoms with E-state index in [1.165, 1.54) is 25.7 Å². The number of thiocarbonyl (C=S) groups is 1. The van der Waals surface area contributed by atoms with Crippen LogP contribution in [0.5, 0.6) is 0 Å². The van der Waals surface area contributed by atoms with Crippen molar-refractivity contribution in [2.24, 2.45) is 23.5 Å². The van der Waals surface area contributed by atoms with Crippen LogP contribution in [0, 0.1) is 17.8 Å². The number of aromatic nitrogens is 1. The molecule has 0 spiro atoms. The molecule has 0 radical (unpaired) electrons. The molecule has 102 valence electrons. The quantitative estimate of drug-likeness (QED) is 0.830. The largest absolute Gasteiger partial charge is 0.388 e. The average Bonchev–Trinajstić information content (AvgIpc) is 3.01. The fraction of sp³-hybridized carbons (Fsp3) is 0.600. The molecule has 1 aromatic rings. The maximum atomic E-state index is 5.63. The zero-order valence-corrected chi connectivity index (χ0v) is 12.1. The summed E-state index contributed by atoms with van der Waals surface area (Å²) in [7, 11) is 0. The minimum absolute atomic E-state index is 0.358. The molecule has 3 N–H and O–H groups in total. The van der Waals surface area contributed by atoms with Gasteiger partial charge in [-0.25, -0.2) is 4.98 Å². The summed E-state index contributed by atoms with van der Waals surface area (Å²) >= 11 is 4.97. The number of fused-ring (bicyclic) bond motifs is 2. The van der Waals surface area contributed by atoms with Gasteiger partial charge in [0.2, 0.25) is 0 Å². The summed E-state index contributed by atoms with van der Waals surface area (Å²) in [6.45, 7) is 2.28. The van der Waals surface area contributed by atoms with Crippen molar-refractivity contribution >= 4 is 23.0 Å². The standard InChI is InChI=1S/C15H21N3S/c1-9(12-8-10-5-6-11(12)7-10)17-14-4-2-3-13(18-14)15(16)19/h2-4,9-12H,5-8H2,1H3,(H2,16,19)(H,17,18). The van der Waals surface area contributed by atoms with E-state index in [9.17, 15) is 0 Å². The Morgan fingerprint density at radius 2 is 2.26 bits per heavy atom. The van der Waals surface area contributed by atoms with Gasteiger partial charge in [-0.3, -0.25) is 0 Å². The van der Waals surface area contributed by atoms with E-state index in [0.717, 1.165) is 23.6 Å². The molecule has 0 amide bonds. The highest BCUT2D eigenvalue weighted by molar-refractivity contribution is 7.80. The van der Waals surface area contributed by atoms with Gasteiger partial charge in [0.05, 0.1) is 5.69 Å². The van der Waals surface area contributed by atoms with Crippen molar-refractivity contribution in [2.75, 3.05) is 5.32 Å². The molecule has 2 bridgehead atoms. The Bertz CT molecular complexity index is 488. The van der Waals surface area contributed by atoms with Crippen molar-refractivity contribution in [3.8, 4) is 0 Å². The highest BCUT2D eigenvalue weighted by Gasteiger charge is 2.41. The van der Waals surface area contributed by atoms with Gasteiger partial charge in [0, 0.05) is 6.04 Å². The van der Waals surface area contributed by atoms with Gasteiger partial charge in [-0.1, -0.05) is 24.7 Å². The predicted molar refractivity (Wildman–Crippen MR) is 82.1 cm³/mol. The second-order valence-corrected chi connectivity index (χ2v) is 6.48. The molecule has 0 saturated heterocycles. The summed E-state index contributed by atoms with van der Waals surface area (Å²) in [5, 5.41) is 3.54. The first-order valence-electron chi connectivity index (χ1n) is 7.17. The van der Waals surface area contributed by atoms with E-state index in [1.807, 2.05) is 18.2 Å². The van der Waals surface area contributed by atoms with Gasteiger partial charge in [0.15, 0.2) is 0 Å². The molecule has 4 unspecified atom stereocenters. The summed E-state index contributed by atoms with van der Waals surface area (Å²) < 4.78 is 0. The van der Waals surface area contributed by atoms with Gasteiger partial charge in [-0.2, -0.15) is 0 Å². The van der Waals surface area contributed by atoms with Crippen LogP contribution in [-0.4, -0.2) is 16.0 Å². The average molecular weight is 275 g/mol. The highest BCUT2D eigenvalue weighted by atomic mass is 32.1. The van der Waals surface area contributed by atoms with Gasteiger partial charge < -0.3 is 11.1 Å². The maximum absolute atomic E-state index is 5.63. The summed E-state index contributed by atoms with van der Waals surface area (Å²) in [4.78, 5) is 4.83. The minimum atomic E-state index is 0.358. The summed E-state index contributed by atoms with van der Waals surface area (Å²) in [6.07, 6.45) is 5.69. The number of nitrogens with two attached hydrogens (primary N) is 1. The van der Waals surface area contributed by atoms with Crippen LogP contribution in [0.25, 0.3) is 0 Å². The van der Waals surface area contributed by atoms with Crippen LogP contribution in [0.15, 0.2) is 18.2 Å². The molecular formula is C15H21N3S. The van der Waals surface area contributed by atoms with Crippen molar-refractivity contribution in [3.05, 3.63) is 23.9 Å². The van der Waals surface area contributed by atoms with Crippen LogP contribution in [0.4, 0.5) is 5.82 Å². The zero-order chi connectivity index (χ0) is 13.4. The third-order valence-corrected chi connectivity index (χ3v) is 5.02. The fourth-order valence-corrected chi connectivity index (χ4v) is 4.01. The second kappa shape index (κ2) is 5.08. The van der Waals surface area contributed by atoms with Gasteiger partial charge in [-0.15, -0.1) is 0 Å². The van der Waals surface area contributed by atoms with E-state index in [1.54, 1.807) is 0 Å². The van der Waals surface area contributed by atoms with E-state index in [4.69, 9.17) is 18.0 Å². The summed E-state index contributed by atoms with van der Waals surface area (Å²) in [6, 6.07) is 6.28. The second-order valence-electron chi connectivity index (χ2n) is 6.04. The number of rotatable bonds is 4. The van der Waals surface area contributed by atoms with Crippen molar-refractivity contribution in [3.63, 3.8) is 0 Å². The molecule has 2 aliphatic rings. The third kappa shape index (κ3) is 2.59. The van der Waals surface area contributed by atoms with Crippen molar-refractivity contribution in [1.29, 1.82) is 0 Å². The Balaban J connectivity index is 1.67. The van der Waals surface area contributed by atoms with Gasteiger partial charge in [0.1, 0.15) is 10.8 Å². The van der Waals surface area contributed by atoms with Crippen LogP contribution in [-0.2, 0) is 0 Å². The first-order chi connectivity index (χ1) is 9.13. The van der Waals surface area contributed by atoms with Crippen molar-refractivity contribution in [2.45, 2.75) is 38.6 Å². The molecule has 2 fully saturated rings. The molecule has 2 aliphatic carbocycles. The molecule has 0 aliphatic heterocycles. The topological polar surface area (TPSA) is 50.9 Å².